The molecule has 0 aromatic carbocycles. The molecule has 5 aliphatic rings. The minimum absolute atomic E-state index is 0. The van der Waals surface area contributed by atoms with Gasteiger partial charge in [0.2, 0.25) is 0 Å². The number of allylic oxidation sites excluding steroid dienone is 12. The average molecular weight is 373 g/mol. The molecule has 0 spiro atoms. The smallest absolute Gasteiger partial charge is 0.0659 e. The van der Waals surface area contributed by atoms with E-state index < -0.39 is 0 Å². The summed E-state index contributed by atoms with van der Waals surface area (Å²) in [4.78, 5) is 18.2. The van der Waals surface area contributed by atoms with Crippen LogP contribution < -0.4 is 0 Å². The predicted octanol–water partition coefficient (Wildman–Crippen LogP) is 3.58. The zero-order chi connectivity index (χ0) is 16.8. The van der Waals surface area contributed by atoms with Gasteiger partial charge in [-0.2, -0.15) is 0 Å². The molecule has 1 radical (unpaired) electrons. The molecule has 5 heteroatoms. The molecule has 0 N–H and O–H groups in total. The van der Waals surface area contributed by atoms with Crippen molar-refractivity contribution >= 4 is 22.8 Å². The molecule has 123 valence electrons. The van der Waals surface area contributed by atoms with E-state index in [0.717, 1.165) is 39.9 Å². The number of aliphatic imine (C=N–C) groups is 4. The Kier molecular flexibility index (Phi) is 3.59. The molecule has 0 amide bonds. The molecule has 0 saturated heterocycles. The first kappa shape index (κ1) is 14.5. The topological polar surface area (TPSA) is 49.4 Å². The minimum Gasteiger partial charge on any atom is -0.249 e. The maximum atomic E-state index is 8.11. The standard InChI is InChI=1S/C20H12N4.Cu/c1-2-14-10-16-5-6-18(23-16)12-20-8-7-19(24-20)11-17-4-3-15(22-17)9-13(1)21-14;/h1-12H;/i1D;. The molecule has 0 aliphatic carbocycles. The normalized spacial score (nSPS) is 22.7. The first-order valence-electron chi connectivity index (χ1n) is 8.16. The van der Waals surface area contributed by atoms with E-state index in [4.69, 9.17) is 1.37 Å². The molecule has 8 bridgehead atoms. The van der Waals surface area contributed by atoms with Crippen molar-refractivity contribution < 1.29 is 18.4 Å². The van der Waals surface area contributed by atoms with Gasteiger partial charge in [-0.25, -0.2) is 20.0 Å². The van der Waals surface area contributed by atoms with Gasteiger partial charge in [0.15, 0.2) is 0 Å². The van der Waals surface area contributed by atoms with Gasteiger partial charge in [0.05, 0.1) is 47.0 Å². The molecule has 0 unspecified atom stereocenters. The van der Waals surface area contributed by atoms with Gasteiger partial charge in [0, 0.05) is 17.1 Å². The van der Waals surface area contributed by atoms with Gasteiger partial charge in [-0.3, -0.25) is 0 Å². The monoisotopic (exact) mass is 372 g/mol. The van der Waals surface area contributed by atoms with Crippen LogP contribution in [0.4, 0.5) is 0 Å². The van der Waals surface area contributed by atoms with Crippen LogP contribution in [0, 0.1) is 0 Å². The van der Waals surface area contributed by atoms with Crippen molar-refractivity contribution in [1.82, 2.24) is 0 Å². The molecule has 0 atom stereocenters. The van der Waals surface area contributed by atoms with E-state index in [9.17, 15) is 0 Å². The van der Waals surface area contributed by atoms with Gasteiger partial charge in [0.1, 0.15) is 0 Å². The fourth-order valence-corrected chi connectivity index (χ4v) is 2.76. The number of hydrogen-bond donors (Lipinski definition) is 0. The molecule has 0 aromatic rings. The summed E-state index contributed by atoms with van der Waals surface area (Å²) >= 11 is 0. The molecular formula is C20H12CuN4. The van der Waals surface area contributed by atoms with Gasteiger partial charge in [-0.15, -0.1) is 0 Å². The molecule has 5 aliphatic heterocycles. The van der Waals surface area contributed by atoms with Gasteiger partial charge in [-0.05, 0) is 72.9 Å². The molecule has 4 nitrogen and oxygen atoms in total. The van der Waals surface area contributed by atoms with Gasteiger partial charge >= 0.3 is 0 Å². The van der Waals surface area contributed by atoms with Gasteiger partial charge in [-0.1, -0.05) is 0 Å². The van der Waals surface area contributed by atoms with Crippen LogP contribution in [0.25, 0.3) is 0 Å². The molecule has 25 heavy (non-hydrogen) atoms. The molecule has 0 fully saturated rings. The molecule has 0 aromatic heterocycles. The van der Waals surface area contributed by atoms with E-state index in [1.54, 1.807) is 6.08 Å². The van der Waals surface area contributed by atoms with Crippen LogP contribution in [0.5, 0.6) is 0 Å². The second-order valence-corrected chi connectivity index (χ2v) is 5.67. The summed E-state index contributed by atoms with van der Waals surface area (Å²) in [6.07, 6.45) is 21.0. The first-order chi connectivity index (χ1) is 12.2. The van der Waals surface area contributed by atoms with E-state index in [0.29, 0.717) is 11.8 Å². The summed E-state index contributed by atoms with van der Waals surface area (Å²) in [5, 5.41) is 0. The van der Waals surface area contributed by atoms with Crippen LogP contribution in [0.2, 0.25) is 0 Å². The van der Waals surface area contributed by atoms with E-state index >= 15 is 0 Å². The summed E-state index contributed by atoms with van der Waals surface area (Å²) < 4.78 is 8.11. The number of rotatable bonds is 0. The summed E-state index contributed by atoms with van der Waals surface area (Å²) in [6, 6.07) is 0.379. The zero-order valence-electron chi connectivity index (χ0n) is 13.9. The summed E-state index contributed by atoms with van der Waals surface area (Å²) in [6.45, 7) is 0. The van der Waals surface area contributed by atoms with Crippen LogP contribution in [0.15, 0.2) is 116 Å². The Balaban J connectivity index is 0.00000168. The van der Waals surface area contributed by atoms with Crippen molar-refractivity contribution in [2.24, 2.45) is 20.0 Å². The first-order valence-corrected chi connectivity index (χ1v) is 7.66. The van der Waals surface area contributed by atoms with Crippen LogP contribution >= 0.6 is 0 Å². The number of hydrogen-bond acceptors (Lipinski definition) is 4. The second-order valence-electron chi connectivity index (χ2n) is 5.67. The third-order valence-electron chi connectivity index (χ3n) is 3.84. The predicted molar refractivity (Wildman–Crippen MR) is 98.6 cm³/mol. The van der Waals surface area contributed by atoms with Crippen molar-refractivity contribution in [2.45, 2.75) is 0 Å². The SMILES string of the molecule is [2H]C1=CC2=CC3=NC(=CC4=NC(=CC5=NC(=CC1=N2)C=C5)C=C4)C=C3.[Cu]. The Hall–Kier alpha value is -2.88. The van der Waals surface area contributed by atoms with Gasteiger partial charge < -0.3 is 0 Å². The van der Waals surface area contributed by atoms with Gasteiger partial charge in [0.25, 0.3) is 0 Å². The second kappa shape index (κ2) is 6.20. The Bertz CT molecular complexity index is 1080. The van der Waals surface area contributed by atoms with Crippen molar-refractivity contribution in [1.29, 1.82) is 0 Å². The van der Waals surface area contributed by atoms with Crippen molar-refractivity contribution in [3.8, 4) is 0 Å². The number of fused-ring (bicyclic) bond motifs is 4. The summed E-state index contributed by atoms with van der Waals surface area (Å²) in [7, 11) is 0. The maximum Gasteiger partial charge on any atom is 0.0659 e. The van der Waals surface area contributed by atoms with E-state index in [1.165, 1.54) is 0 Å². The van der Waals surface area contributed by atoms with Crippen LogP contribution in [-0.2, 0) is 17.1 Å². The third-order valence-corrected chi connectivity index (χ3v) is 3.84. The fraction of sp³-hybridized carbons (Fsp3) is 0. The Morgan fingerprint density at radius 3 is 1.32 bits per heavy atom. The molecule has 5 heterocycles. The summed E-state index contributed by atoms with van der Waals surface area (Å²) in [5.41, 5.74) is 6.33. The van der Waals surface area contributed by atoms with Crippen LogP contribution in [0.3, 0.4) is 0 Å². The maximum absolute atomic E-state index is 8.11. The van der Waals surface area contributed by atoms with Crippen molar-refractivity contribution in [3.05, 3.63) is 95.7 Å². The Morgan fingerprint density at radius 1 is 0.480 bits per heavy atom. The van der Waals surface area contributed by atoms with Crippen LogP contribution in [0.1, 0.15) is 1.37 Å². The van der Waals surface area contributed by atoms with Crippen LogP contribution in [-0.4, -0.2) is 22.8 Å². The van der Waals surface area contributed by atoms with Crippen molar-refractivity contribution in [2.75, 3.05) is 0 Å². The fourth-order valence-electron chi connectivity index (χ4n) is 2.76. The zero-order valence-corrected chi connectivity index (χ0v) is 13.9. The molecular weight excluding hydrogens is 360 g/mol. The quantitative estimate of drug-likeness (QED) is 0.584. The number of nitrogens with zero attached hydrogens (tertiary/aromatic N) is 4. The van der Waals surface area contributed by atoms with E-state index in [1.807, 2.05) is 60.8 Å². The Morgan fingerprint density at radius 2 is 0.840 bits per heavy atom. The average Bonchev–Trinajstić information content (AvgIpc) is 3.33. The molecule has 0 saturated carbocycles. The van der Waals surface area contributed by atoms with E-state index in [2.05, 4.69) is 20.0 Å². The summed E-state index contributed by atoms with van der Waals surface area (Å²) in [5.74, 6) is 0. The molecule has 5 rings (SSSR count). The minimum atomic E-state index is 0. The third kappa shape index (κ3) is 3.20. The largest absolute Gasteiger partial charge is 0.249 e. The van der Waals surface area contributed by atoms with E-state index in [-0.39, 0.29) is 17.1 Å². The Labute approximate surface area is 157 Å². The van der Waals surface area contributed by atoms with Crippen molar-refractivity contribution in [3.63, 3.8) is 0 Å².